The average Bonchev–Trinajstić information content (AvgIpc) is 3.17. The van der Waals surface area contributed by atoms with Gasteiger partial charge in [0.05, 0.1) is 5.56 Å². The third kappa shape index (κ3) is 3.64. The summed E-state index contributed by atoms with van der Waals surface area (Å²) < 4.78 is 1.73. The van der Waals surface area contributed by atoms with Gasteiger partial charge in [0.1, 0.15) is 18.0 Å². The van der Waals surface area contributed by atoms with E-state index in [2.05, 4.69) is 19.9 Å². The van der Waals surface area contributed by atoms with Crippen LogP contribution >= 0.6 is 11.6 Å². The van der Waals surface area contributed by atoms with Gasteiger partial charge in [-0.05, 0) is 29.8 Å². The lowest BCUT2D eigenvalue weighted by Crippen LogP contribution is -2.03. The van der Waals surface area contributed by atoms with Crippen molar-refractivity contribution in [2.24, 2.45) is 0 Å². The minimum Gasteiger partial charge on any atom is -0.383 e. The molecule has 4 aromatic rings. The molecule has 0 saturated heterocycles. The van der Waals surface area contributed by atoms with E-state index in [0.29, 0.717) is 22.9 Å². The number of nitrogens with zero attached hydrogens (tertiary/aromatic N) is 7. The minimum atomic E-state index is -0.0807. The summed E-state index contributed by atoms with van der Waals surface area (Å²) in [6.45, 7) is 4.00. The number of fused-ring (bicyclic) bond motifs is 1. The summed E-state index contributed by atoms with van der Waals surface area (Å²) in [4.78, 5) is 17.2. The molecule has 148 valence electrons. The molecule has 8 nitrogen and oxygen atoms in total. The molecule has 0 radical (unpaired) electrons. The van der Waals surface area contributed by atoms with Gasteiger partial charge in [-0.25, -0.2) is 19.9 Å². The molecular formula is C21H17ClN8. The zero-order valence-corrected chi connectivity index (χ0v) is 17.1. The van der Waals surface area contributed by atoms with E-state index < -0.39 is 0 Å². The smallest absolute Gasteiger partial charge is 0.199 e. The van der Waals surface area contributed by atoms with E-state index in [1.165, 1.54) is 0 Å². The van der Waals surface area contributed by atoms with E-state index in [4.69, 9.17) is 17.3 Å². The Labute approximate surface area is 178 Å². The summed E-state index contributed by atoms with van der Waals surface area (Å²) in [5.41, 5.74) is 8.74. The molecule has 0 spiro atoms. The number of imidazole rings is 1. The van der Waals surface area contributed by atoms with Crippen molar-refractivity contribution in [3.8, 4) is 29.2 Å². The Balaban J connectivity index is 0.00000124. The van der Waals surface area contributed by atoms with Gasteiger partial charge in [-0.15, -0.1) is 11.6 Å². The molecule has 3 heterocycles. The summed E-state index contributed by atoms with van der Waals surface area (Å²) in [5, 5.41) is 18.6. The van der Waals surface area contributed by atoms with E-state index in [1.54, 1.807) is 22.9 Å². The number of nitrogens with two attached hydrogens (primary N) is 1. The third-order valence-electron chi connectivity index (χ3n) is 4.14. The standard InChI is InChI=1S/C19H11ClN8.C2H6/c20-8-11-3-5-12(6-4-11)28-18(13-2-1-7-24-16(13)23)27-17-19(28)26-15(10-22)14(9-21)25-17;1-2/h1-7H,8H2,(H2,23,24);1-2H3. The van der Waals surface area contributed by atoms with Crippen LogP contribution in [-0.4, -0.2) is 24.5 Å². The van der Waals surface area contributed by atoms with Gasteiger partial charge in [0, 0.05) is 17.8 Å². The molecule has 2 N–H and O–H groups in total. The number of aromatic nitrogens is 5. The second-order valence-electron chi connectivity index (χ2n) is 5.80. The zero-order valence-electron chi connectivity index (χ0n) is 16.3. The molecule has 0 atom stereocenters. The molecule has 0 aliphatic rings. The lowest BCUT2D eigenvalue weighted by molar-refractivity contribution is 1.06. The summed E-state index contributed by atoms with van der Waals surface area (Å²) in [7, 11) is 0. The topological polar surface area (TPSA) is 130 Å². The van der Waals surface area contributed by atoms with Gasteiger partial charge in [0.2, 0.25) is 0 Å². The van der Waals surface area contributed by atoms with Gasteiger partial charge in [0.15, 0.2) is 28.5 Å². The molecule has 0 aliphatic carbocycles. The highest BCUT2D eigenvalue weighted by Crippen LogP contribution is 2.30. The van der Waals surface area contributed by atoms with Gasteiger partial charge in [0.25, 0.3) is 0 Å². The van der Waals surface area contributed by atoms with Gasteiger partial charge in [-0.3, -0.25) is 4.57 Å². The van der Waals surface area contributed by atoms with E-state index in [9.17, 15) is 10.5 Å². The molecule has 3 aromatic heterocycles. The Bertz CT molecular complexity index is 1280. The number of halogens is 1. The number of hydrogen-bond donors (Lipinski definition) is 1. The minimum absolute atomic E-state index is 0.0702. The summed E-state index contributed by atoms with van der Waals surface area (Å²) >= 11 is 5.89. The second kappa shape index (κ2) is 8.99. The highest BCUT2D eigenvalue weighted by atomic mass is 35.5. The van der Waals surface area contributed by atoms with Crippen molar-refractivity contribution in [2.75, 3.05) is 5.73 Å². The first-order chi connectivity index (χ1) is 14.7. The lowest BCUT2D eigenvalue weighted by atomic mass is 10.2. The van der Waals surface area contributed by atoms with E-state index >= 15 is 0 Å². The molecule has 0 unspecified atom stereocenters. The first-order valence-corrected chi connectivity index (χ1v) is 9.66. The fourth-order valence-corrected chi connectivity index (χ4v) is 2.99. The quantitative estimate of drug-likeness (QED) is 0.500. The van der Waals surface area contributed by atoms with Crippen LogP contribution in [0.2, 0.25) is 0 Å². The van der Waals surface area contributed by atoms with Gasteiger partial charge in [-0.2, -0.15) is 10.5 Å². The predicted octanol–water partition coefficient (Wildman–Crippen LogP) is 3.97. The van der Waals surface area contributed by atoms with E-state index in [1.807, 2.05) is 50.3 Å². The molecule has 0 fully saturated rings. The molecule has 0 aliphatic heterocycles. The zero-order chi connectivity index (χ0) is 21.7. The Kier molecular flexibility index (Phi) is 6.21. The van der Waals surface area contributed by atoms with Crippen LogP contribution in [0, 0.1) is 22.7 Å². The van der Waals surface area contributed by atoms with Crippen molar-refractivity contribution in [1.29, 1.82) is 10.5 Å². The summed E-state index contributed by atoms with van der Waals surface area (Å²) in [5.74, 6) is 1.13. The van der Waals surface area contributed by atoms with Crippen LogP contribution in [-0.2, 0) is 5.88 Å². The molecule has 30 heavy (non-hydrogen) atoms. The molecule has 4 rings (SSSR count). The van der Waals surface area contributed by atoms with Crippen molar-refractivity contribution >= 4 is 28.7 Å². The number of nitrogen functional groups attached to an aromatic ring is 1. The molecular weight excluding hydrogens is 400 g/mol. The molecule has 0 saturated carbocycles. The van der Waals surface area contributed by atoms with Gasteiger partial charge >= 0.3 is 0 Å². The molecule has 9 heteroatoms. The van der Waals surface area contributed by atoms with Crippen molar-refractivity contribution in [3.63, 3.8) is 0 Å². The maximum atomic E-state index is 9.33. The van der Waals surface area contributed by atoms with Crippen LogP contribution in [0.5, 0.6) is 0 Å². The highest BCUT2D eigenvalue weighted by molar-refractivity contribution is 6.17. The predicted molar refractivity (Wildman–Crippen MR) is 115 cm³/mol. The maximum absolute atomic E-state index is 9.33. The number of rotatable bonds is 3. The van der Waals surface area contributed by atoms with Crippen LogP contribution in [0.15, 0.2) is 42.6 Å². The number of pyridine rings is 1. The Morgan fingerprint density at radius 3 is 2.27 bits per heavy atom. The number of benzene rings is 1. The second-order valence-corrected chi connectivity index (χ2v) is 6.07. The Hall–Kier alpha value is -4.01. The first-order valence-electron chi connectivity index (χ1n) is 9.13. The van der Waals surface area contributed by atoms with Gasteiger partial charge in [-0.1, -0.05) is 26.0 Å². The third-order valence-corrected chi connectivity index (χ3v) is 4.44. The Morgan fingerprint density at radius 1 is 1.00 bits per heavy atom. The normalized spacial score (nSPS) is 10.0. The average molecular weight is 417 g/mol. The van der Waals surface area contributed by atoms with Crippen LogP contribution in [0.1, 0.15) is 30.8 Å². The van der Waals surface area contributed by atoms with Crippen molar-refractivity contribution < 1.29 is 0 Å². The van der Waals surface area contributed by atoms with E-state index in [-0.39, 0.29) is 22.9 Å². The first kappa shape index (κ1) is 20.7. The molecule has 0 bridgehead atoms. The van der Waals surface area contributed by atoms with Crippen molar-refractivity contribution in [1.82, 2.24) is 24.5 Å². The molecule has 0 amide bonds. The summed E-state index contributed by atoms with van der Waals surface area (Å²) in [6, 6.07) is 14.8. The maximum Gasteiger partial charge on any atom is 0.199 e. The number of nitriles is 2. The largest absolute Gasteiger partial charge is 0.383 e. The van der Waals surface area contributed by atoms with Crippen LogP contribution in [0.25, 0.3) is 28.4 Å². The fraction of sp³-hybridized carbons (Fsp3) is 0.143. The number of anilines is 1. The monoisotopic (exact) mass is 416 g/mol. The lowest BCUT2D eigenvalue weighted by Gasteiger charge is -2.10. The van der Waals surface area contributed by atoms with E-state index in [0.717, 1.165) is 11.3 Å². The highest BCUT2D eigenvalue weighted by Gasteiger charge is 2.21. The van der Waals surface area contributed by atoms with Crippen LogP contribution in [0.3, 0.4) is 0 Å². The summed E-state index contributed by atoms with van der Waals surface area (Å²) in [6.07, 6.45) is 1.58. The van der Waals surface area contributed by atoms with Crippen LogP contribution < -0.4 is 5.73 Å². The number of hydrogen-bond acceptors (Lipinski definition) is 7. The van der Waals surface area contributed by atoms with Crippen LogP contribution in [0.4, 0.5) is 5.82 Å². The Morgan fingerprint density at radius 2 is 1.67 bits per heavy atom. The van der Waals surface area contributed by atoms with Crippen molar-refractivity contribution in [3.05, 3.63) is 59.5 Å². The fourth-order valence-electron chi connectivity index (χ4n) is 2.82. The number of alkyl halides is 1. The SMILES string of the molecule is CC.N#Cc1nc2nc(-c3cccnc3N)n(-c3ccc(CCl)cc3)c2nc1C#N. The molecule has 1 aromatic carbocycles. The van der Waals surface area contributed by atoms with Gasteiger partial charge < -0.3 is 5.73 Å². The van der Waals surface area contributed by atoms with Crippen molar-refractivity contribution in [2.45, 2.75) is 19.7 Å².